The summed E-state index contributed by atoms with van der Waals surface area (Å²) in [6.45, 7) is 3.22. The van der Waals surface area contributed by atoms with E-state index in [1.807, 2.05) is 31.2 Å². The summed E-state index contributed by atoms with van der Waals surface area (Å²) in [6, 6.07) is 9.62. The third kappa shape index (κ3) is 3.60. The summed E-state index contributed by atoms with van der Waals surface area (Å²) >= 11 is 0. The van der Waals surface area contributed by atoms with Crippen molar-refractivity contribution in [2.45, 2.75) is 13.3 Å². The molecule has 1 amide bonds. The van der Waals surface area contributed by atoms with Crippen LogP contribution >= 0.6 is 0 Å². The molecule has 0 unspecified atom stereocenters. The second-order valence-electron chi connectivity index (χ2n) is 4.42. The molecular formula is C15H19N3O2. The van der Waals surface area contributed by atoms with E-state index in [2.05, 4.69) is 10.4 Å². The SMILES string of the molecule is CCOc1ccc(CCNC(=O)c2ccnn2C)cc1. The molecule has 0 bridgehead atoms. The van der Waals surface area contributed by atoms with Gasteiger partial charge in [0.2, 0.25) is 0 Å². The van der Waals surface area contributed by atoms with E-state index >= 15 is 0 Å². The number of hydrogen-bond acceptors (Lipinski definition) is 3. The fourth-order valence-electron chi connectivity index (χ4n) is 1.93. The van der Waals surface area contributed by atoms with E-state index in [0.29, 0.717) is 18.8 Å². The molecule has 2 rings (SSSR count). The Bertz CT molecular complexity index is 561. The predicted molar refractivity (Wildman–Crippen MR) is 76.9 cm³/mol. The van der Waals surface area contributed by atoms with Crippen LogP contribution in [0.1, 0.15) is 23.0 Å². The molecule has 5 heteroatoms. The van der Waals surface area contributed by atoms with Crippen LogP contribution in [0.5, 0.6) is 5.75 Å². The second kappa shape index (κ2) is 6.75. The summed E-state index contributed by atoms with van der Waals surface area (Å²) in [7, 11) is 1.75. The van der Waals surface area contributed by atoms with Gasteiger partial charge in [0.1, 0.15) is 11.4 Å². The van der Waals surface area contributed by atoms with Gasteiger partial charge in [-0.05, 0) is 37.1 Å². The molecule has 1 aromatic heterocycles. The van der Waals surface area contributed by atoms with E-state index in [-0.39, 0.29) is 5.91 Å². The van der Waals surface area contributed by atoms with Gasteiger partial charge in [-0.15, -0.1) is 0 Å². The van der Waals surface area contributed by atoms with Crippen LogP contribution in [0.25, 0.3) is 0 Å². The molecule has 0 atom stereocenters. The lowest BCUT2D eigenvalue weighted by molar-refractivity contribution is 0.0944. The highest BCUT2D eigenvalue weighted by atomic mass is 16.5. The molecule has 0 spiro atoms. The highest BCUT2D eigenvalue weighted by molar-refractivity contribution is 5.92. The summed E-state index contributed by atoms with van der Waals surface area (Å²) < 4.78 is 6.95. The highest BCUT2D eigenvalue weighted by Crippen LogP contribution is 2.12. The van der Waals surface area contributed by atoms with Crippen molar-refractivity contribution in [2.24, 2.45) is 7.05 Å². The van der Waals surface area contributed by atoms with Crippen LogP contribution in [0.3, 0.4) is 0 Å². The van der Waals surface area contributed by atoms with Crippen LogP contribution < -0.4 is 10.1 Å². The number of aryl methyl sites for hydroxylation is 1. The molecule has 0 aliphatic rings. The number of carbonyl (C=O) groups excluding carboxylic acids is 1. The highest BCUT2D eigenvalue weighted by Gasteiger charge is 2.08. The van der Waals surface area contributed by atoms with Crippen molar-refractivity contribution in [3.05, 3.63) is 47.8 Å². The zero-order chi connectivity index (χ0) is 14.4. The van der Waals surface area contributed by atoms with Crippen LogP contribution in [0.4, 0.5) is 0 Å². The van der Waals surface area contributed by atoms with Gasteiger partial charge in [0.05, 0.1) is 6.61 Å². The summed E-state index contributed by atoms with van der Waals surface area (Å²) in [5, 5.41) is 6.86. The predicted octanol–water partition coefficient (Wildman–Crippen LogP) is 1.79. The van der Waals surface area contributed by atoms with Crippen molar-refractivity contribution in [3.8, 4) is 5.75 Å². The van der Waals surface area contributed by atoms with E-state index < -0.39 is 0 Å². The zero-order valence-electron chi connectivity index (χ0n) is 11.8. The number of nitrogens with one attached hydrogen (secondary N) is 1. The smallest absolute Gasteiger partial charge is 0.269 e. The van der Waals surface area contributed by atoms with Gasteiger partial charge in [-0.1, -0.05) is 12.1 Å². The Morgan fingerprint density at radius 1 is 1.30 bits per heavy atom. The molecule has 0 radical (unpaired) electrons. The fourth-order valence-corrected chi connectivity index (χ4v) is 1.93. The van der Waals surface area contributed by atoms with Gasteiger partial charge in [0.15, 0.2) is 0 Å². The van der Waals surface area contributed by atoms with Gasteiger partial charge in [-0.25, -0.2) is 0 Å². The maximum absolute atomic E-state index is 11.9. The fraction of sp³-hybridized carbons (Fsp3) is 0.333. The van der Waals surface area contributed by atoms with Crippen molar-refractivity contribution in [3.63, 3.8) is 0 Å². The van der Waals surface area contributed by atoms with Gasteiger partial charge < -0.3 is 10.1 Å². The molecule has 2 aromatic rings. The standard InChI is InChI=1S/C15H19N3O2/c1-3-20-13-6-4-12(5-7-13)8-10-16-15(19)14-9-11-17-18(14)2/h4-7,9,11H,3,8,10H2,1-2H3,(H,16,19). The molecule has 1 N–H and O–H groups in total. The molecule has 0 aliphatic carbocycles. The Labute approximate surface area is 118 Å². The zero-order valence-corrected chi connectivity index (χ0v) is 11.8. The average Bonchev–Trinajstić information content (AvgIpc) is 2.87. The van der Waals surface area contributed by atoms with Crippen LogP contribution in [-0.4, -0.2) is 28.8 Å². The van der Waals surface area contributed by atoms with Crippen LogP contribution in [-0.2, 0) is 13.5 Å². The Morgan fingerprint density at radius 2 is 2.05 bits per heavy atom. The largest absolute Gasteiger partial charge is 0.494 e. The molecule has 106 valence electrons. The van der Waals surface area contributed by atoms with E-state index in [0.717, 1.165) is 12.2 Å². The topological polar surface area (TPSA) is 56.1 Å². The number of benzene rings is 1. The van der Waals surface area contributed by atoms with Gasteiger partial charge in [-0.3, -0.25) is 9.48 Å². The minimum absolute atomic E-state index is 0.101. The third-order valence-electron chi connectivity index (χ3n) is 2.99. The number of amides is 1. The van der Waals surface area contributed by atoms with Gasteiger partial charge in [0.25, 0.3) is 5.91 Å². The van der Waals surface area contributed by atoms with Gasteiger partial charge in [0, 0.05) is 19.8 Å². The first-order chi connectivity index (χ1) is 9.70. The van der Waals surface area contributed by atoms with Crippen molar-refractivity contribution in [1.29, 1.82) is 0 Å². The summed E-state index contributed by atoms with van der Waals surface area (Å²) in [6.07, 6.45) is 2.40. The van der Waals surface area contributed by atoms with E-state index in [9.17, 15) is 4.79 Å². The molecule has 20 heavy (non-hydrogen) atoms. The van der Waals surface area contributed by atoms with Crippen LogP contribution in [0, 0.1) is 0 Å². The van der Waals surface area contributed by atoms with Gasteiger partial charge >= 0.3 is 0 Å². The lowest BCUT2D eigenvalue weighted by Gasteiger charge is -2.07. The Hall–Kier alpha value is -2.30. The molecule has 5 nitrogen and oxygen atoms in total. The minimum atomic E-state index is -0.101. The van der Waals surface area contributed by atoms with Crippen LogP contribution in [0.15, 0.2) is 36.5 Å². The van der Waals surface area contributed by atoms with E-state index in [4.69, 9.17) is 4.74 Å². The number of hydrogen-bond donors (Lipinski definition) is 1. The Morgan fingerprint density at radius 3 is 2.65 bits per heavy atom. The molecule has 1 aromatic carbocycles. The van der Waals surface area contributed by atoms with Crippen molar-refractivity contribution < 1.29 is 9.53 Å². The first-order valence-corrected chi connectivity index (χ1v) is 6.68. The first-order valence-electron chi connectivity index (χ1n) is 6.68. The molecule has 0 saturated heterocycles. The molecular weight excluding hydrogens is 254 g/mol. The van der Waals surface area contributed by atoms with Crippen molar-refractivity contribution in [2.75, 3.05) is 13.2 Å². The summed E-state index contributed by atoms with van der Waals surface area (Å²) in [5.74, 6) is 0.770. The summed E-state index contributed by atoms with van der Waals surface area (Å²) in [5.41, 5.74) is 1.73. The van der Waals surface area contributed by atoms with E-state index in [1.54, 1.807) is 24.0 Å². The first kappa shape index (κ1) is 14.1. The second-order valence-corrected chi connectivity index (χ2v) is 4.42. The Balaban J connectivity index is 1.81. The molecule has 0 aliphatic heterocycles. The quantitative estimate of drug-likeness (QED) is 0.873. The Kier molecular flexibility index (Phi) is 4.76. The lowest BCUT2D eigenvalue weighted by Crippen LogP contribution is -2.27. The molecule has 0 saturated carbocycles. The molecule has 1 heterocycles. The number of rotatable bonds is 6. The number of aromatic nitrogens is 2. The minimum Gasteiger partial charge on any atom is -0.494 e. The number of ether oxygens (including phenoxy) is 1. The third-order valence-corrected chi connectivity index (χ3v) is 2.99. The molecule has 0 fully saturated rings. The number of nitrogens with zero attached hydrogens (tertiary/aromatic N) is 2. The average molecular weight is 273 g/mol. The normalized spacial score (nSPS) is 10.3. The van der Waals surface area contributed by atoms with Gasteiger partial charge in [-0.2, -0.15) is 5.10 Å². The lowest BCUT2D eigenvalue weighted by atomic mass is 10.1. The van der Waals surface area contributed by atoms with Crippen molar-refractivity contribution in [1.82, 2.24) is 15.1 Å². The van der Waals surface area contributed by atoms with E-state index in [1.165, 1.54) is 5.56 Å². The summed E-state index contributed by atoms with van der Waals surface area (Å²) in [4.78, 5) is 11.9. The maximum atomic E-state index is 11.9. The van der Waals surface area contributed by atoms with Crippen molar-refractivity contribution >= 4 is 5.91 Å². The number of carbonyl (C=O) groups is 1. The monoisotopic (exact) mass is 273 g/mol. The maximum Gasteiger partial charge on any atom is 0.269 e. The van der Waals surface area contributed by atoms with Crippen LogP contribution in [0.2, 0.25) is 0 Å².